The first-order valence-electron chi connectivity index (χ1n) is 15.1. The number of aryl methyl sites for hydroxylation is 1. The number of methoxy groups -OCH3 is 1. The lowest BCUT2D eigenvalue weighted by molar-refractivity contribution is 0.0903. The molecule has 3 aromatic rings. The summed E-state index contributed by atoms with van der Waals surface area (Å²) >= 11 is 0. The number of piperazine rings is 1. The van der Waals surface area contributed by atoms with Gasteiger partial charge in [-0.3, -0.25) is 4.90 Å². The fourth-order valence-electron chi connectivity index (χ4n) is 6.35. The van der Waals surface area contributed by atoms with E-state index in [4.69, 9.17) is 25.2 Å². The maximum atomic E-state index is 6.26. The van der Waals surface area contributed by atoms with E-state index in [0.717, 1.165) is 87.2 Å². The van der Waals surface area contributed by atoms with Gasteiger partial charge in [0.1, 0.15) is 28.3 Å². The number of ether oxygens (including phenoxy) is 2. The number of hydrogen-bond acceptors (Lipinski definition) is 11. The van der Waals surface area contributed by atoms with Crippen molar-refractivity contribution >= 4 is 28.4 Å². The van der Waals surface area contributed by atoms with E-state index in [2.05, 4.69) is 56.3 Å². The van der Waals surface area contributed by atoms with E-state index < -0.39 is 0 Å². The molecule has 0 amide bonds. The molecule has 6 rings (SSSR count). The molecule has 11 heteroatoms. The van der Waals surface area contributed by atoms with Crippen molar-refractivity contribution in [3.8, 4) is 17.0 Å². The van der Waals surface area contributed by atoms with Gasteiger partial charge in [-0.2, -0.15) is 0 Å². The Hall–Kier alpha value is -3.28. The normalized spacial score (nSPS) is 20.0. The minimum Gasteiger partial charge on any atom is -0.495 e. The van der Waals surface area contributed by atoms with Crippen molar-refractivity contribution in [1.82, 2.24) is 30.0 Å². The predicted octanol–water partition coefficient (Wildman–Crippen LogP) is 3.05. The third-order valence-corrected chi connectivity index (χ3v) is 8.90. The number of nitrogens with one attached hydrogen (secondary N) is 1. The van der Waals surface area contributed by atoms with Crippen LogP contribution in [0.15, 0.2) is 18.2 Å². The highest BCUT2D eigenvalue weighted by molar-refractivity contribution is 5.95. The molecule has 41 heavy (non-hydrogen) atoms. The number of nitrogens with zero attached hydrogens (tertiary/aromatic N) is 7. The molecule has 0 saturated carbocycles. The van der Waals surface area contributed by atoms with E-state index in [1.54, 1.807) is 7.11 Å². The highest BCUT2D eigenvalue weighted by Gasteiger charge is 2.28. The quantitative estimate of drug-likeness (QED) is 0.443. The zero-order valence-corrected chi connectivity index (χ0v) is 24.6. The summed E-state index contributed by atoms with van der Waals surface area (Å²) in [6.45, 7) is 10.3. The minimum absolute atomic E-state index is 0.287. The van der Waals surface area contributed by atoms with Crippen LogP contribution in [0.2, 0.25) is 0 Å². The Kier molecular flexibility index (Phi) is 8.36. The number of likely N-dealkylation sites (N-methyl/N-ethyl adjacent to an activating group) is 1. The van der Waals surface area contributed by atoms with E-state index in [1.165, 1.54) is 25.9 Å². The van der Waals surface area contributed by atoms with Gasteiger partial charge in [0.05, 0.1) is 18.5 Å². The topological polar surface area (TPSA) is 118 Å². The first-order valence-corrected chi connectivity index (χ1v) is 15.1. The average molecular weight is 562 g/mol. The first-order chi connectivity index (χ1) is 20.0. The van der Waals surface area contributed by atoms with Gasteiger partial charge in [-0.25, -0.2) is 9.97 Å². The molecule has 0 bridgehead atoms. The van der Waals surface area contributed by atoms with Crippen LogP contribution >= 0.6 is 0 Å². The van der Waals surface area contributed by atoms with Gasteiger partial charge < -0.3 is 30.3 Å². The molecule has 5 heterocycles. The Morgan fingerprint density at radius 3 is 2.44 bits per heavy atom. The minimum atomic E-state index is 0.287. The van der Waals surface area contributed by atoms with Gasteiger partial charge in [-0.05, 0) is 51.3 Å². The van der Waals surface area contributed by atoms with Crippen molar-refractivity contribution in [2.24, 2.45) is 0 Å². The van der Waals surface area contributed by atoms with Crippen LogP contribution in [0, 0.1) is 0 Å². The molecule has 0 radical (unpaired) electrons. The number of rotatable bonds is 7. The van der Waals surface area contributed by atoms with Crippen LogP contribution in [0.25, 0.3) is 22.3 Å². The van der Waals surface area contributed by atoms with Gasteiger partial charge in [0.15, 0.2) is 5.82 Å². The van der Waals surface area contributed by atoms with E-state index in [-0.39, 0.29) is 5.82 Å². The van der Waals surface area contributed by atoms with Crippen molar-refractivity contribution in [3.63, 3.8) is 0 Å². The summed E-state index contributed by atoms with van der Waals surface area (Å²) in [5, 5.41) is 12.4. The molecule has 2 aromatic heterocycles. The van der Waals surface area contributed by atoms with Crippen LogP contribution in [0.5, 0.6) is 5.75 Å². The zero-order chi connectivity index (χ0) is 28.3. The molecule has 3 N–H and O–H groups in total. The maximum absolute atomic E-state index is 6.26. The second-order valence-electron chi connectivity index (χ2n) is 11.5. The van der Waals surface area contributed by atoms with Crippen LogP contribution in [0.1, 0.15) is 38.3 Å². The number of benzene rings is 1. The second kappa shape index (κ2) is 12.3. The molecule has 220 valence electrons. The van der Waals surface area contributed by atoms with E-state index in [9.17, 15) is 0 Å². The molecule has 3 aliphatic rings. The lowest BCUT2D eigenvalue weighted by Crippen LogP contribution is -2.52. The number of nitrogen functional groups attached to an aromatic ring is 1. The number of nitrogens with two attached hydrogens (primary N) is 1. The zero-order valence-electron chi connectivity index (χ0n) is 24.6. The van der Waals surface area contributed by atoms with Crippen LogP contribution in [-0.4, -0.2) is 109 Å². The third-order valence-electron chi connectivity index (χ3n) is 8.90. The number of anilines is 3. The van der Waals surface area contributed by atoms with Crippen molar-refractivity contribution in [2.75, 3.05) is 82.6 Å². The highest BCUT2D eigenvalue weighted by atomic mass is 16.5. The van der Waals surface area contributed by atoms with E-state index in [0.29, 0.717) is 28.8 Å². The number of hydrogen-bond donors (Lipinski definition) is 2. The Morgan fingerprint density at radius 2 is 1.73 bits per heavy atom. The average Bonchev–Trinajstić information content (AvgIpc) is 3.02. The Labute approximate surface area is 242 Å². The molecule has 1 aromatic carbocycles. The lowest BCUT2D eigenvalue weighted by atomic mass is 10.0. The van der Waals surface area contributed by atoms with Crippen LogP contribution in [-0.2, 0) is 11.2 Å². The summed E-state index contributed by atoms with van der Waals surface area (Å²) in [5.41, 5.74) is 11.0. The summed E-state index contributed by atoms with van der Waals surface area (Å²) in [6.07, 6.45) is 4.96. The Morgan fingerprint density at radius 1 is 0.976 bits per heavy atom. The number of aromatic nitrogens is 4. The molecule has 3 saturated heterocycles. The fourth-order valence-corrected chi connectivity index (χ4v) is 6.35. The van der Waals surface area contributed by atoms with Crippen molar-refractivity contribution in [1.29, 1.82) is 0 Å². The van der Waals surface area contributed by atoms with E-state index >= 15 is 0 Å². The number of piperidine rings is 1. The predicted molar refractivity (Wildman–Crippen MR) is 163 cm³/mol. The molecule has 3 aliphatic heterocycles. The van der Waals surface area contributed by atoms with Gasteiger partial charge >= 0.3 is 0 Å². The van der Waals surface area contributed by atoms with Crippen LogP contribution in [0.4, 0.5) is 17.3 Å². The molecule has 0 aliphatic carbocycles. The SMILES string of the molecule is CCc1nc2c(N)nnc(-c3ccc(N4CCC(N5CCN(C)CC5)CC4)c(OC)c3)c2nc1NC1CCOCC1. The second-order valence-corrected chi connectivity index (χ2v) is 11.5. The van der Waals surface area contributed by atoms with Crippen LogP contribution in [0.3, 0.4) is 0 Å². The van der Waals surface area contributed by atoms with Crippen LogP contribution < -0.4 is 20.7 Å². The van der Waals surface area contributed by atoms with Crippen molar-refractivity contribution in [3.05, 3.63) is 23.9 Å². The van der Waals surface area contributed by atoms with Gasteiger partial charge in [-0.15, -0.1) is 10.2 Å². The lowest BCUT2D eigenvalue weighted by Gasteiger charge is -2.42. The fraction of sp³-hybridized carbons (Fsp3) is 0.600. The summed E-state index contributed by atoms with van der Waals surface area (Å²) in [7, 11) is 3.95. The summed E-state index contributed by atoms with van der Waals surface area (Å²) in [6, 6.07) is 7.24. The molecule has 0 spiro atoms. The Bertz CT molecular complexity index is 1350. The monoisotopic (exact) mass is 561 g/mol. The first kappa shape index (κ1) is 27.9. The number of fused-ring (bicyclic) bond motifs is 1. The van der Waals surface area contributed by atoms with Gasteiger partial charge in [0.2, 0.25) is 0 Å². The standard InChI is InChI=1S/C30H43N9O2/c1-4-23-30(32-21-9-17-41-18-10-21)34-27-26(35-36-29(31)28(27)33-23)20-5-6-24(25(19-20)40-3)39-11-7-22(8-12-39)38-15-13-37(2)14-16-38/h5-6,19,21-22H,4,7-18H2,1-3H3,(H2,31,36)(H,32,34). The molecular weight excluding hydrogens is 518 g/mol. The molecule has 11 nitrogen and oxygen atoms in total. The molecular formula is C30H43N9O2. The smallest absolute Gasteiger partial charge is 0.174 e. The van der Waals surface area contributed by atoms with Crippen molar-refractivity contribution in [2.45, 2.75) is 51.1 Å². The molecule has 3 fully saturated rings. The van der Waals surface area contributed by atoms with Crippen molar-refractivity contribution < 1.29 is 9.47 Å². The molecule has 0 unspecified atom stereocenters. The maximum Gasteiger partial charge on any atom is 0.174 e. The van der Waals surface area contributed by atoms with Gasteiger partial charge in [0, 0.05) is 70.1 Å². The van der Waals surface area contributed by atoms with Gasteiger partial charge in [-0.1, -0.05) is 13.0 Å². The molecule has 0 atom stereocenters. The largest absolute Gasteiger partial charge is 0.495 e. The van der Waals surface area contributed by atoms with Gasteiger partial charge in [0.25, 0.3) is 0 Å². The highest BCUT2D eigenvalue weighted by Crippen LogP contribution is 2.37. The van der Waals surface area contributed by atoms with E-state index in [1.807, 2.05) is 6.07 Å². The summed E-state index contributed by atoms with van der Waals surface area (Å²) in [5.74, 6) is 1.90. The summed E-state index contributed by atoms with van der Waals surface area (Å²) in [4.78, 5) is 17.5. The summed E-state index contributed by atoms with van der Waals surface area (Å²) < 4.78 is 11.5. The third kappa shape index (κ3) is 5.89. The Balaban J connectivity index is 1.26.